The largest absolute Gasteiger partial charge is 0.335 e. The van der Waals surface area contributed by atoms with Crippen molar-refractivity contribution in [3.8, 4) is 12.0 Å². The van der Waals surface area contributed by atoms with E-state index in [1.807, 2.05) is 11.8 Å². The molecule has 0 radical (unpaired) electrons. The fraction of sp³-hybridized carbons (Fsp3) is 0.571. The summed E-state index contributed by atoms with van der Waals surface area (Å²) >= 11 is 0. The van der Waals surface area contributed by atoms with Gasteiger partial charge in [-0.15, -0.1) is 0 Å². The smallest absolute Gasteiger partial charge is 0.257 e. The quantitative estimate of drug-likeness (QED) is 0.838. The van der Waals surface area contributed by atoms with Crippen LogP contribution in [0, 0.1) is 18.3 Å². The van der Waals surface area contributed by atoms with Crippen molar-refractivity contribution in [1.29, 1.82) is 5.26 Å². The van der Waals surface area contributed by atoms with Crippen molar-refractivity contribution in [3.05, 3.63) is 39.1 Å². The van der Waals surface area contributed by atoms with E-state index in [2.05, 4.69) is 21.1 Å². The zero-order valence-electron chi connectivity index (χ0n) is 16.8. The van der Waals surface area contributed by atoms with E-state index < -0.39 is 0 Å². The number of H-pyrrole nitrogens is 1. The highest BCUT2D eigenvalue weighted by Gasteiger charge is 2.29. The highest BCUT2D eigenvalue weighted by atomic mass is 16.2. The highest BCUT2D eigenvalue weighted by Crippen LogP contribution is 2.25. The lowest BCUT2D eigenvalue weighted by molar-refractivity contribution is 0.0638. The van der Waals surface area contributed by atoms with Crippen LogP contribution in [0.2, 0.25) is 0 Å². The molecule has 8 heteroatoms. The van der Waals surface area contributed by atoms with Crippen LogP contribution in [0.15, 0.2) is 11.0 Å². The Kier molecular flexibility index (Phi) is 5.47. The molecule has 2 heterocycles. The number of aromatic amines is 1. The third-order valence-electron chi connectivity index (χ3n) is 6.11. The van der Waals surface area contributed by atoms with Gasteiger partial charge in [0.2, 0.25) is 5.95 Å². The van der Waals surface area contributed by atoms with Crippen LogP contribution in [-0.2, 0) is 12.8 Å². The molecule has 1 saturated carbocycles. The summed E-state index contributed by atoms with van der Waals surface area (Å²) in [5.41, 5.74) is 2.60. The molecule has 0 aliphatic heterocycles. The van der Waals surface area contributed by atoms with Crippen LogP contribution in [0.3, 0.4) is 0 Å². The van der Waals surface area contributed by atoms with Gasteiger partial charge < -0.3 is 4.90 Å². The number of fused-ring (bicyclic) bond motifs is 1. The minimum absolute atomic E-state index is 0.0978. The van der Waals surface area contributed by atoms with Crippen LogP contribution in [0.4, 0.5) is 0 Å². The summed E-state index contributed by atoms with van der Waals surface area (Å²) in [7, 11) is 0. The van der Waals surface area contributed by atoms with Crippen LogP contribution in [-0.4, -0.2) is 43.1 Å². The first-order valence-electron chi connectivity index (χ1n) is 10.4. The molecule has 0 atom stereocenters. The Balaban J connectivity index is 1.64. The standard InChI is InChI=1S/C21H26N6O2/c1-14-17(20(29)26(12-6-11-22)15-7-3-2-4-8-15)13-23-27(14)21-24-18-10-5-9-16(18)19(28)25-21/h13,15H,2-10,12H2,1H3,(H,24,25,28). The maximum absolute atomic E-state index is 13.3. The fourth-order valence-electron chi connectivity index (χ4n) is 4.53. The molecule has 152 valence electrons. The molecule has 0 unspecified atom stereocenters. The van der Waals surface area contributed by atoms with Crippen molar-refractivity contribution < 1.29 is 4.79 Å². The van der Waals surface area contributed by atoms with E-state index in [-0.39, 0.29) is 17.5 Å². The average molecular weight is 394 g/mol. The lowest BCUT2D eigenvalue weighted by Gasteiger charge is -2.34. The first-order chi connectivity index (χ1) is 14.1. The van der Waals surface area contributed by atoms with E-state index >= 15 is 0 Å². The Morgan fingerprint density at radius 1 is 1.31 bits per heavy atom. The van der Waals surface area contributed by atoms with E-state index in [1.165, 1.54) is 11.1 Å². The summed E-state index contributed by atoms with van der Waals surface area (Å²) in [4.78, 5) is 34.9. The molecule has 1 N–H and O–H groups in total. The number of hydrogen-bond acceptors (Lipinski definition) is 5. The normalized spacial score (nSPS) is 16.4. The number of nitrogens with one attached hydrogen (secondary N) is 1. The van der Waals surface area contributed by atoms with Crippen molar-refractivity contribution in [3.63, 3.8) is 0 Å². The van der Waals surface area contributed by atoms with Gasteiger partial charge in [0.15, 0.2) is 0 Å². The summed E-state index contributed by atoms with van der Waals surface area (Å²) in [6, 6.07) is 2.33. The predicted octanol–water partition coefficient (Wildman–Crippen LogP) is 2.44. The van der Waals surface area contributed by atoms with Crippen LogP contribution in [0.5, 0.6) is 0 Å². The molecule has 4 rings (SSSR count). The van der Waals surface area contributed by atoms with Gasteiger partial charge in [-0.05, 0) is 39.0 Å². The van der Waals surface area contributed by atoms with Crippen molar-refractivity contribution in [2.24, 2.45) is 0 Å². The fourth-order valence-corrected chi connectivity index (χ4v) is 4.53. The molecule has 2 aliphatic carbocycles. The van der Waals surface area contributed by atoms with E-state index in [4.69, 9.17) is 5.26 Å². The van der Waals surface area contributed by atoms with Crippen molar-refractivity contribution >= 4 is 5.91 Å². The summed E-state index contributed by atoms with van der Waals surface area (Å²) in [5.74, 6) is 0.257. The second kappa shape index (κ2) is 8.19. The van der Waals surface area contributed by atoms with Crippen molar-refractivity contribution in [1.82, 2.24) is 24.6 Å². The molecular weight excluding hydrogens is 368 g/mol. The van der Waals surface area contributed by atoms with Crippen LogP contribution in [0.1, 0.15) is 72.3 Å². The number of carbonyl (C=O) groups excluding carboxylic acids is 1. The second-order valence-electron chi connectivity index (χ2n) is 7.92. The zero-order chi connectivity index (χ0) is 20.4. The Hall–Kier alpha value is -2.95. The second-order valence-corrected chi connectivity index (χ2v) is 7.92. The first-order valence-corrected chi connectivity index (χ1v) is 10.4. The summed E-state index contributed by atoms with van der Waals surface area (Å²) in [6.45, 7) is 2.25. The minimum atomic E-state index is -0.122. The van der Waals surface area contributed by atoms with Gasteiger partial charge in [0.25, 0.3) is 11.5 Å². The van der Waals surface area contributed by atoms with Gasteiger partial charge in [-0.25, -0.2) is 9.67 Å². The molecule has 2 aromatic heterocycles. The molecule has 1 fully saturated rings. The van der Waals surface area contributed by atoms with Crippen molar-refractivity contribution in [2.45, 2.75) is 70.8 Å². The number of rotatable bonds is 5. The topological polar surface area (TPSA) is 108 Å². The number of hydrogen-bond donors (Lipinski definition) is 1. The maximum Gasteiger partial charge on any atom is 0.257 e. The number of nitriles is 1. The number of aromatic nitrogens is 4. The molecule has 0 bridgehead atoms. The number of aryl methyl sites for hydroxylation is 1. The highest BCUT2D eigenvalue weighted by molar-refractivity contribution is 5.95. The lowest BCUT2D eigenvalue weighted by atomic mass is 9.93. The Morgan fingerprint density at radius 3 is 2.86 bits per heavy atom. The third kappa shape index (κ3) is 3.69. The lowest BCUT2D eigenvalue weighted by Crippen LogP contribution is -2.42. The van der Waals surface area contributed by atoms with E-state index in [0.717, 1.165) is 56.2 Å². The molecule has 2 aromatic rings. The molecule has 0 aromatic carbocycles. The van der Waals surface area contributed by atoms with E-state index in [9.17, 15) is 9.59 Å². The van der Waals surface area contributed by atoms with Gasteiger partial charge in [-0.3, -0.25) is 14.6 Å². The molecule has 0 saturated heterocycles. The van der Waals surface area contributed by atoms with E-state index in [0.29, 0.717) is 30.2 Å². The van der Waals surface area contributed by atoms with Crippen LogP contribution >= 0.6 is 0 Å². The monoisotopic (exact) mass is 394 g/mol. The maximum atomic E-state index is 13.3. The molecule has 2 aliphatic rings. The van der Waals surface area contributed by atoms with Crippen molar-refractivity contribution in [2.75, 3.05) is 6.54 Å². The zero-order valence-corrected chi connectivity index (χ0v) is 16.8. The molecular formula is C21H26N6O2. The number of amides is 1. The van der Waals surface area contributed by atoms with Crippen LogP contribution < -0.4 is 5.56 Å². The third-order valence-corrected chi connectivity index (χ3v) is 6.11. The van der Waals surface area contributed by atoms with Gasteiger partial charge in [-0.2, -0.15) is 10.4 Å². The predicted molar refractivity (Wildman–Crippen MR) is 107 cm³/mol. The summed E-state index contributed by atoms with van der Waals surface area (Å²) in [6.07, 6.45) is 9.73. The summed E-state index contributed by atoms with van der Waals surface area (Å²) < 4.78 is 1.54. The minimum Gasteiger partial charge on any atom is -0.335 e. The first kappa shape index (κ1) is 19.4. The van der Waals surface area contributed by atoms with E-state index in [1.54, 1.807) is 6.20 Å². The van der Waals surface area contributed by atoms with Gasteiger partial charge in [0, 0.05) is 18.2 Å². The Morgan fingerprint density at radius 2 is 2.10 bits per heavy atom. The molecule has 29 heavy (non-hydrogen) atoms. The Bertz CT molecular complexity index is 1010. The molecule has 8 nitrogen and oxygen atoms in total. The van der Waals surface area contributed by atoms with Crippen LogP contribution in [0.25, 0.3) is 5.95 Å². The average Bonchev–Trinajstić information content (AvgIpc) is 3.35. The SMILES string of the molecule is Cc1c(C(=O)N(CCC#N)C2CCCCC2)cnn1-c1nc2c(c(=O)[nH]1)CCC2. The molecule has 1 amide bonds. The van der Waals surface area contributed by atoms with Gasteiger partial charge in [0.05, 0.1) is 35.6 Å². The van der Waals surface area contributed by atoms with Gasteiger partial charge >= 0.3 is 0 Å². The summed E-state index contributed by atoms with van der Waals surface area (Å²) in [5, 5.41) is 13.4. The number of carbonyl (C=O) groups is 1. The number of nitrogens with zero attached hydrogens (tertiary/aromatic N) is 5. The molecule has 0 spiro atoms. The van der Waals surface area contributed by atoms with Gasteiger partial charge in [-0.1, -0.05) is 19.3 Å². The Labute approximate surface area is 169 Å². The van der Waals surface area contributed by atoms with Gasteiger partial charge in [0.1, 0.15) is 0 Å².